The molecule has 1 unspecified atom stereocenters. The second-order valence-corrected chi connectivity index (χ2v) is 9.01. The number of carbonyl (C=O) groups is 6. The van der Waals surface area contributed by atoms with Gasteiger partial charge in [-0.2, -0.15) is 0 Å². The highest BCUT2D eigenvalue weighted by molar-refractivity contribution is 6.24. The summed E-state index contributed by atoms with van der Waals surface area (Å²) in [6, 6.07) is 3.85. The molecule has 2 heterocycles. The van der Waals surface area contributed by atoms with Gasteiger partial charge in [-0.15, -0.1) is 0 Å². The number of allylic oxidation sites excluding steroid dienone is 1. The van der Waals surface area contributed by atoms with E-state index in [-0.39, 0.29) is 54.8 Å². The fraction of sp³-hybridized carbons (Fsp3) is 0.462. The zero-order valence-corrected chi connectivity index (χ0v) is 20.9. The Morgan fingerprint density at radius 1 is 1.08 bits per heavy atom. The number of imide groups is 1. The van der Waals surface area contributed by atoms with Gasteiger partial charge in [0.15, 0.2) is 0 Å². The van der Waals surface area contributed by atoms with E-state index in [9.17, 15) is 28.8 Å². The van der Waals surface area contributed by atoms with Gasteiger partial charge in [-0.05, 0) is 37.5 Å². The van der Waals surface area contributed by atoms with Crippen LogP contribution in [0.25, 0.3) is 0 Å². The zero-order chi connectivity index (χ0) is 26.8. The average molecular weight is 512 g/mol. The van der Waals surface area contributed by atoms with Crippen LogP contribution < -0.4 is 16.0 Å². The van der Waals surface area contributed by atoms with E-state index in [1.54, 1.807) is 12.1 Å². The molecule has 2 aliphatic rings. The van der Waals surface area contributed by atoms with E-state index in [4.69, 9.17) is 0 Å². The number of benzene rings is 1. The number of carbonyl (C=O) groups excluding carboxylic acids is 6. The van der Waals surface area contributed by atoms with Crippen LogP contribution in [0.3, 0.4) is 0 Å². The maximum atomic E-state index is 13.1. The van der Waals surface area contributed by atoms with E-state index in [0.717, 1.165) is 37.1 Å². The van der Waals surface area contributed by atoms with Gasteiger partial charge in [0.05, 0.1) is 17.2 Å². The van der Waals surface area contributed by atoms with Gasteiger partial charge in [0.1, 0.15) is 12.6 Å². The Balaban J connectivity index is 1.52. The quantitative estimate of drug-likeness (QED) is 0.197. The lowest BCUT2D eigenvalue weighted by Gasteiger charge is -2.31. The number of fused-ring (bicyclic) bond motifs is 1. The molecule has 198 valence electrons. The molecular weight excluding hydrogens is 478 g/mol. The first-order valence-corrected chi connectivity index (χ1v) is 12.4. The molecular formula is C26H33N5O6. The van der Waals surface area contributed by atoms with Gasteiger partial charge in [0.25, 0.3) is 11.8 Å². The van der Waals surface area contributed by atoms with Gasteiger partial charge in [-0.1, -0.05) is 12.1 Å². The van der Waals surface area contributed by atoms with Gasteiger partial charge in [0.2, 0.25) is 11.8 Å². The number of piperidine rings is 1. The molecule has 37 heavy (non-hydrogen) atoms. The number of aldehydes is 2. The SMILES string of the molecule is CNC(=O)CCC(C=O)N1C(=O)c2cccc(NCCC(=O)NC3CCN(C/C=C/C=O)CC3)c2C1=O. The van der Waals surface area contributed by atoms with Crippen molar-refractivity contribution in [3.63, 3.8) is 0 Å². The Labute approximate surface area is 215 Å². The molecule has 1 atom stereocenters. The molecule has 11 nitrogen and oxygen atoms in total. The maximum absolute atomic E-state index is 13.1. The van der Waals surface area contributed by atoms with E-state index in [2.05, 4.69) is 20.9 Å². The van der Waals surface area contributed by atoms with Crippen molar-refractivity contribution in [3.8, 4) is 0 Å². The minimum absolute atomic E-state index is 0.00374. The summed E-state index contributed by atoms with van der Waals surface area (Å²) in [5, 5.41) is 8.57. The molecule has 0 spiro atoms. The van der Waals surface area contributed by atoms with Crippen LogP contribution in [0.1, 0.15) is 52.8 Å². The van der Waals surface area contributed by atoms with E-state index in [1.165, 1.54) is 19.2 Å². The van der Waals surface area contributed by atoms with Crippen molar-refractivity contribution in [1.29, 1.82) is 0 Å². The summed E-state index contributed by atoms with van der Waals surface area (Å²) in [6.45, 7) is 2.64. The molecule has 0 bridgehead atoms. The third-order valence-electron chi connectivity index (χ3n) is 6.58. The fourth-order valence-electron chi connectivity index (χ4n) is 4.55. The normalized spacial score (nSPS) is 16.9. The standard InChI is InChI=1S/C26H33N5O6/c1-27-22(34)8-7-19(17-33)31-25(36)20-5-4-6-21(24(20)26(31)37)28-12-9-23(35)29-18-10-14-30(15-11-18)13-2-3-16-32/h2-6,16-19,28H,7-15H2,1H3,(H,27,34)(H,29,35)/b3-2+. The Morgan fingerprint density at radius 2 is 1.84 bits per heavy atom. The largest absolute Gasteiger partial charge is 0.384 e. The summed E-state index contributed by atoms with van der Waals surface area (Å²) < 4.78 is 0. The van der Waals surface area contributed by atoms with E-state index in [1.807, 2.05) is 6.08 Å². The first kappa shape index (κ1) is 27.7. The van der Waals surface area contributed by atoms with Gasteiger partial charge in [-0.3, -0.25) is 33.8 Å². The second-order valence-electron chi connectivity index (χ2n) is 9.01. The number of amides is 4. The highest BCUT2D eigenvalue weighted by Crippen LogP contribution is 2.31. The molecule has 1 aromatic carbocycles. The van der Waals surface area contributed by atoms with Crippen molar-refractivity contribution in [2.75, 3.05) is 38.5 Å². The minimum Gasteiger partial charge on any atom is -0.384 e. The Morgan fingerprint density at radius 3 is 2.51 bits per heavy atom. The average Bonchev–Trinajstić information content (AvgIpc) is 3.16. The second kappa shape index (κ2) is 13.4. The zero-order valence-electron chi connectivity index (χ0n) is 20.9. The third-order valence-corrected chi connectivity index (χ3v) is 6.58. The van der Waals surface area contributed by atoms with Crippen LogP contribution in [0.2, 0.25) is 0 Å². The number of hydrogen-bond acceptors (Lipinski definition) is 8. The molecule has 1 saturated heterocycles. The van der Waals surface area contributed by atoms with Crippen molar-refractivity contribution in [2.24, 2.45) is 0 Å². The molecule has 0 aliphatic carbocycles. The van der Waals surface area contributed by atoms with Crippen LogP contribution in [0.5, 0.6) is 0 Å². The Hall–Kier alpha value is -3.86. The maximum Gasteiger partial charge on any atom is 0.264 e. The highest BCUT2D eigenvalue weighted by Gasteiger charge is 2.41. The van der Waals surface area contributed by atoms with Crippen molar-refractivity contribution in [1.82, 2.24) is 20.4 Å². The lowest BCUT2D eigenvalue weighted by atomic mass is 10.0. The van der Waals surface area contributed by atoms with Crippen LogP contribution in [-0.2, 0) is 19.2 Å². The number of hydrogen-bond donors (Lipinski definition) is 3. The third kappa shape index (κ3) is 7.10. The van der Waals surface area contributed by atoms with Crippen LogP contribution in [-0.4, -0.2) is 91.3 Å². The van der Waals surface area contributed by atoms with Crippen molar-refractivity contribution in [2.45, 2.75) is 44.2 Å². The van der Waals surface area contributed by atoms with E-state index < -0.39 is 17.9 Å². The molecule has 3 N–H and O–H groups in total. The Kier molecular flexibility index (Phi) is 10.1. The molecule has 1 fully saturated rings. The number of nitrogens with one attached hydrogen (secondary N) is 3. The van der Waals surface area contributed by atoms with Crippen LogP contribution in [0.15, 0.2) is 30.4 Å². The monoisotopic (exact) mass is 511 g/mol. The van der Waals surface area contributed by atoms with Crippen LogP contribution in [0.4, 0.5) is 5.69 Å². The van der Waals surface area contributed by atoms with Gasteiger partial charge >= 0.3 is 0 Å². The molecule has 4 amide bonds. The van der Waals surface area contributed by atoms with E-state index >= 15 is 0 Å². The van der Waals surface area contributed by atoms with Gasteiger partial charge in [0, 0.05) is 57.8 Å². The lowest BCUT2D eigenvalue weighted by molar-refractivity contribution is -0.122. The molecule has 0 saturated carbocycles. The van der Waals surface area contributed by atoms with Crippen molar-refractivity contribution in [3.05, 3.63) is 41.5 Å². The van der Waals surface area contributed by atoms with Gasteiger partial charge in [-0.25, -0.2) is 0 Å². The summed E-state index contributed by atoms with van der Waals surface area (Å²) >= 11 is 0. The summed E-state index contributed by atoms with van der Waals surface area (Å²) in [4.78, 5) is 75.2. The predicted octanol–water partition coefficient (Wildman–Crippen LogP) is 0.514. The van der Waals surface area contributed by atoms with Crippen LogP contribution in [0, 0.1) is 0 Å². The summed E-state index contributed by atoms with van der Waals surface area (Å²) in [6.07, 6.45) is 6.43. The minimum atomic E-state index is -1.05. The topological polar surface area (TPSA) is 145 Å². The highest BCUT2D eigenvalue weighted by atomic mass is 16.2. The summed E-state index contributed by atoms with van der Waals surface area (Å²) in [7, 11) is 1.47. The summed E-state index contributed by atoms with van der Waals surface area (Å²) in [5.74, 6) is -1.58. The summed E-state index contributed by atoms with van der Waals surface area (Å²) in [5.41, 5.74) is 0.760. The van der Waals surface area contributed by atoms with Crippen molar-refractivity contribution >= 4 is 41.9 Å². The fourth-order valence-corrected chi connectivity index (χ4v) is 4.55. The lowest BCUT2D eigenvalue weighted by Crippen LogP contribution is -2.44. The number of rotatable bonds is 13. The van der Waals surface area contributed by atoms with E-state index in [0.29, 0.717) is 18.5 Å². The molecule has 3 rings (SSSR count). The Bertz CT molecular complexity index is 1060. The van der Waals surface area contributed by atoms with Crippen LogP contribution >= 0.6 is 0 Å². The molecule has 11 heteroatoms. The first-order chi connectivity index (χ1) is 17.9. The molecule has 2 aliphatic heterocycles. The predicted molar refractivity (Wildman–Crippen MR) is 136 cm³/mol. The first-order valence-electron chi connectivity index (χ1n) is 12.4. The number of anilines is 1. The van der Waals surface area contributed by atoms with Crippen molar-refractivity contribution < 1.29 is 28.8 Å². The number of likely N-dealkylation sites (tertiary alicyclic amines) is 1. The molecule has 0 radical (unpaired) electrons. The molecule has 1 aromatic rings. The van der Waals surface area contributed by atoms with Gasteiger partial charge < -0.3 is 20.7 Å². The molecule has 0 aromatic heterocycles. The number of nitrogens with zero attached hydrogens (tertiary/aromatic N) is 2. The smallest absolute Gasteiger partial charge is 0.264 e.